The van der Waals surface area contributed by atoms with Crippen LogP contribution in [0.4, 0.5) is 11.4 Å². The van der Waals surface area contributed by atoms with E-state index < -0.39 is 0 Å². The van der Waals surface area contributed by atoms with Crippen molar-refractivity contribution in [1.82, 2.24) is 0 Å². The number of hydrogen-bond acceptors (Lipinski definition) is 4. The Hall–Kier alpha value is -3.54. The van der Waals surface area contributed by atoms with Crippen LogP contribution in [-0.4, -0.2) is 32.1 Å². The number of fused-ring (bicyclic) bond motifs is 1. The normalized spacial score (nSPS) is 13.6. The molecule has 0 unspecified atom stereocenters. The summed E-state index contributed by atoms with van der Waals surface area (Å²) in [6.07, 6.45) is 1.37. The fourth-order valence-electron chi connectivity index (χ4n) is 3.47. The second-order valence-electron chi connectivity index (χ2n) is 6.88. The largest absolute Gasteiger partial charge is 0.497 e. The van der Waals surface area contributed by atoms with Gasteiger partial charge in [0.1, 0.15) is 11.5 Å². The van der Waals surface area contributed by atoms with E-state index in [0.717, 1.165) is 28.6 Å². The van der Waals surface area contributed by atoms with Crippen LogP contribution in [0.15, 0.2) is 60.7 Å². The summed E-state index contributed by atoms with van der Waals surface area (Å²) in [6.45, 7) is 0.542. The summed E-state index contributed by atoms with van der Waals surface area (Å²) in [7, 11) is 1.62. The number of rotatable bonds is 6. The van der Waals surface area contributed by atoms with Crippen LogP contribution < -0.4 is 19.7 Å². The highest BCUT2D eigenvalue weighted by atomic mass is 16.5. The van der Waals surface area contributed by atoms with Gasteiger partial charge in [0.15, 0.2) is 6.61 Å². The van der Waals surface area contributed by atoms with Gasteiger partial charge in [0.05, 0.1) is 18.5 Å². The van der Waals surface area contributed by atoms with Gasteiger partial charge in [0.2, 0.25) is 5.91 Å². The number of carbonyl (C=O) groups is 2. The molecule has 0 saturated carbocycles. The molecule has 0 spiro atoms. The molecule has 6 heteroatoms. The van der Waals surface area contributed by atoms with Crippen LogP contribution >= 0.6 is 0 Å². The number of methoxy groups -OCH3 is 1. The van der Waals surface area contributed by atoms with Crippen molar-refractivity contribution >= 4 is 34.0 Å². The molecule has 1 fully saturated rings. The number of ether oxygens (including phenoxy) is 2. The zero-order valence-electron chi connectivity index (χ0n) is 16.2. The molecule has 1 aliphatic rings. The molecule has 1 aliphatic heterocycles. The number of nitrogens with zero attached hydrogens (tertiary/aromatic N) is 1. The van der Waals surface area contributed by atoms with Gasteiger partial charge in [0, 0.05) is 13.0 Å². The van der Waals surface area contributed by atoms with Crippen LogP contribution in [0.5, 0.6) is 11.5 Å². The third-order valence-corrected chi connectivity index (χ3v) is 4.93. The number of nitrogens with one attached hydrogen (secondary N) is 1. The lowest BCUT2D eigenvalue weighted by Gasteiger charge is -2.20. The van der Waals surface area contributed by atoms with Crippen molar-refractivity contribution in [2.75, 3.05) is 30.5 Å². The van der Waals surface area contributed by atoms with Crippen LogP contribution in [0.1, 0.15) is 12.8 Å². The molecule has 2 amide bonds. The number of para-hydroxylation sites is 2. The van der Waals surface area contributed by atoms with Gasteiger partial charge >= 0.3 is 0 Å². The average molecular weight is 390 g/mol. The first-order chi connectivity index (χ1) is 14.1. The smallest absolute Gasteiger partial charge is 0.262 e. The average Bonchev–Trinajstić information content (AvgIpc) is 3.17. The number of amides is 2. The van der Waals surface area contributed by atoms with Gasteiger partial charge < -0.3 is 19.7 Å². The van der Waals surface area contributed by atoms with Crippen molar-refractivity contribution in [3.63, 3.8) is 0 Å². The summed E-state index contributed by atoms with van der Waals surface area (Å²) in [5, 5.41) is 4.89. The van der Waals surface area contributed by atoms with E-state index in [0.29, 0.717) is 24.4 Å². The Morgan fingerprint density at radius 1 is 1.03 bits per heavy atom. The first kappa shape index (κ1) is 18.8. The van der Waals surface area contributed by atoms with Crippen LogP contribution in [0.3, 0.4) is 0 Å². The van der Waals surface area contributed by atoms with Crippen molar-refractivity contribution in [2.24, 2.45) is 0 Å². The Labute approximate surface area is 169 Å². The second kappa shape index (κ2) is 8.22. The van der Waals surface area contributed by atoms with E-state index >= 15 is 0 Å². The molecular weight excluding hydrogens is 368 g/mol. The quantitative estimate of drug-likeness (QED) is 0.691. The van der Waals surface area contributed by atoms with Crippen molar-refractivity contribution in [2.45, 2.75) is 12.8 Å². The summed E-state index contributed by atoms with van der Waals surface area (Å²) >= 11 is 0. The van der Waals surface area contributed by atoms with Gasteiger partial charge in [-0.25, -0.2) is 0 Å². The van der Waals surface area contributed by atoms with Gasteiger partial charge in [-0.15, -0.1) is 0 Å². The standard InChI is InChI=1S/C23H22N2O4/c1-28-18-10-8-16-9-11-19(14-17(16)13-18)29-15-22(26)24-20-5-2-3-6-21(20)25-12-4-7-23(25)27/h2-3,5-6,8-11,13-14H,4,7,12,15H2,1H3,(H,24,26). The van der Waals surface area contributed by atoms with Crippen molar-refractivity contribution in [3.05, 3.63) is 60.7 Å². The first-order valence-electron chi connectivity index (χ1n) is 9.54. The molecule has 148 valence electrons. The van der Waals surface area contributed by atoms with E-state index in [-0.39, 0.29) is 18.4 Å². The van der Waals surface area contributed by atoms with Gasteiger partial charge in [0.25, 0.3) is 5.91 Å². The predicted octanol–water partition coefficient (Wildman–Crippen LogP) is 3.99. The second-order valence-corrected chi connectivity index (χ2v) is 6.88. The van der Waals surface area contributed by atoms with Crippen molar-refractivity contribution in [1.29, 1.82) is 0 Å². The Morgan fingerprint density at radius 2 is 1.79 bits per heavy atom. The van der Waals surface area contributed by atoms with E-state index in [1.165, 1.54) is 0 Å². The molecule has 3 aromatic rings. The molecule has 1 saturated heterocycles. The molecular formula is C23H22N2O4. The minimum Gasteiger partial charge on any atom is -0.497 e. The van der Waals surface area contributed by atoms with E-state index in [4.69, 9.17) is 9.47 Å². The molecule has 6 nitrogen and oxygen atoms in total. The molecule has 3 aromatic carbocycles. The van der Waals surface area contributed by atoms with E-state index in [1.54, 1.807) is 18.1 Å². The predicted molar refractivity (Wildman–Crippen MR) is 113 cm³/mol. The van der Waals surface area contributed by atoms with E-state index in [9.17, 15) is 9.59 Å². The summed E-state index contributed by atoms with van der Waals surface area (Å²) < 4.78 is 10.9. The maximum Gasteiger partial charge on any atom is 0.262 e. The zero-order valence-corrected chi connectivity index (χ0v) is 16.2. The Kier molecular flexibility index (Phi) is 5.33. The molecule has 0 radical (unpaired) electrons. The molecule has 0 atom stereocenters. The molecule has 4 rings (SSSR count). The van der Waals surface area contributed by atoms with Crippen molar-refractivity contribution < 1.29 is 19.1 Å². The zero-order chi connectivity index (χ0) is 20.2. The highest BCUT2D eigenvalue weighted by molar-refractivity contribution is 6.02. The number of hydrogen-bond donors (Lipinski definition) is 1. The number of anilines is 2. The fraction of sp³-hybridized carbons (Fsp3) is 0.217. The molecule has 29 heavy (non-hydrogen) atoms. The molecule has 1 heterocycles. The van der Waals surface area contributed by atoms with E-state index in [2.05, 4.69) is 5.32 Å². The molecule has 0 bridgehead atoms. The van der Waals surface area contributed by atoms with Crippen LogP contribution in [-0.2, 0) is 9.59 Å². The monoisotopic (exact) mass is 390 g/mol. The lowest BCUT2D eigenvalue weighted by molar-refractivity contribution is -0.118. The lowest BCUT2D eigenvalue weighted by atomic mass is 10.1. The Balaban J connectivity index is 1.43. The minimum atomic E-state index is -0.283. The molecule has 0 aromatic heterocycles. The maximum atomic E-state index is 12.4. The summed E-state index contributed by atoms with van der Waals surface area (Å²) in [6, 6.07) is 18.8. The Morgan fingerprint density at radius 3 is 2.55 bits per heavy atom. The maximum absolute atomic E-state index is 12.4. The Bertz CT molecular complexity index is 1060. The van der Waals surface area contributed by atoms with Gasteiger partial charge in [-0.1, -0.05) is 24.3 Å². The van der Waals surface area contributed by atoms with Gasteiger partial charge in [-0.2, -0.15) is 0 Å². The fourth-order valence-corrected chi connectivity index (χ4v) is 3.47. The highest BCUT2D eigenvalue weighted by Crippen LogP contribution is 2.29. The third-order valence-electron chi connectivity index (χ3n) is 4.93. The van der Waals surface area contributed by atoms with Gasteiger partial charge in [-0.3, -0.25) is 9.59 Å². The minimum absolute atomic E-state index is 0.0783. The molecule has 0 aliphatic carbocycles. The topological polar surface area (TPSA) is 67.9 Å². The van der Waals surface area contributed by atoms with Crippen LogP contribution in [0.2, 0.25) is 0 Å². The summed E-state index contributed by atoms with van der Waals surface area (Å²) in [5.74, 6) is 1.16. The number of benzene rings is 3. The van der Waals surface area contributed by atoms with E-state index in [1.807, 2.05) is 54.6 Å². The highest BCUT2D eigenvalue weighted by Gasteiger charge is 2.24. The lowest BCUT2D eigenvalue weighted by Crippen LogP contribution is -2.26. The van der Waals surface area contributed by atoms with Gasteiger partial charge in [-0.05, 0) is 53.6 Å². The summed E-state index contributed by atoms with van der Waals surface area (Å²) in [4.78, 5) is 26.2. The summed E-state index contributed by atoms with van der Waals surface area (Å²) in [5.41, 5.74) is 1.33. The third kappa shape index (κ3) is 4.16. The van der Waals surface area contributed by atoms with Crippen LogP contribution in [0, 0.1) is 0 Å². The number of carbonyl (C=O) groups excluding carboxylic acids is 2. The van der Waals surface area contributed by atoms with Crippen LogP contribution in [0.25, 0.3) is 10.8 Å². The van der Waals surface area contributed by atoms with Crippen molar-refractivity contribution in [3.8, 4) is 11.5 Å². The first-order valence-corrected chi connectivity index (χ1v) is 9.54. The molecule has 1 N–H and O–H groups in total. The SMILES string of the molecule is COc1ccc2ccc(OCC(=O)Nc3ccccc3N3CCCC3=O)cc2c1.